The minimum Gasteiger partial charge on any atom is -0.389 e. The summed E-state index contributed by atoms with van der Waals surface area (Å²) in [6.45, 7) is 5.07. The number of rotatable bonds is 3. The van der Waals surface area contributed by atoms with Gasteiger partial charge in [-0.1, -0.05) is 20.4 Å². The predicted octanol–water partition coefficient (Wildman–Crippen LogP) is 2.90. The standard InChI is InChI=1S/C12H17NO/c1-5-10-6-11(8(2)3)12(7-13-10)9(4)14/h5-9,14H,1H2,2-4H3/i4D3. The van der Waals surface area contributed by atoms with Crippen LogP contribution in [0.25, 0.3) is 6.08 Å². The van der Waals surface area contributed by atoms with Gasteiger partial charge in [0.15, 0.2) is 0 Å². The molecule has 1 unspecified atom stereocenters. The molecule has 0 aliphatic carbocycles. The second-order valence-electron chi connectivity index (χ2n) is 3.50. The molecule has 0 aliphatic heterocycles. The summed E-state index contributed by atoms with van der Waals surface area (Å²) < 4.78 is 21.7. The highest BCUT2D eigenvalue weighted by Crippen LogP contribution is 2.24. The first-order valence-corrected chi connectivity index (χ1v) is 4.57. The Morgan fingerprint density at radius 2 is 2.29 bits per heavy atom. The fraction of sp³-hybridized carbons (Fsp3) is 0.417. The number of aliphatic hydroxyl groups is 1. The number of hydrogen-bond acceptors (Lipinski definition) is 2. The normalized spacial score (nSPS) is 17.0. The smallest absolute Gasteiger partial charge is 0.0779 e. The van der Waals surface area contributed by atoms with Gasteiger partial charge in [-0.25, -0.2) is 0 Å². The summed E-state index contributed by atoms with van der Waals surface area (Å²) in [7, 11) is 0. The Morgan fingerprint density at radius 1 is 1.57 bits per heavy atom. The zero-order valence-corrected chi connectivity index (χ0v) is 8.49. The molecule has 1 N–H and O–H groups in total. The Kier molecular flexibility index (Phi) is 2.25. The van der Waals surface area contributed by atoms with Gasteiger partial charge in [0.25, 0.3) is 0 Å². The van der Waals surface area contributed by atoms with Gasteiger partial charge >= 0.3 is 0 Å². The molecule has 2 nitrogen and oxygen atoms in total. The highest BCUT2D eigenvalue weighted by atomic mass is 16.3. The number of aliphatic hydroxyl groups excluding tert-OH is 1. The first-order chi connectivity index (χ1) is 7.77. The molecule has 0 aromatic carbocycles. The Balaban J connectivity index is 3.28. The van der Waals surface area contributed by atoms with Crippen LogP contribution < -0.4 is 0 Å². The van der Waals surface area contributed by atoms with Crippen molar-refractivity contribution in [2.75, 3.05) is 0 Å². The van der Waals surface area contributed by atoms with E-state index in [0.29, 0.717) is 11.3 Å². The lowest BCUT2D eigenvalue weighted by Gasteiger charge is -2.14. The van der Waals surface area contributed by atoms with Gasteiger partial charge in [-0.3, -0.25) is 4.98 Å². The lowest BCUT2D eigenvalue weighted by molar-refractivity contribution is 0.197. The average molecular weight is 194 g/mol. The molecule has 0 spiro atoms. The summed E-state index contributed by atoms with van der Waals surface area (Å²) >= 11 is 0. The summed E-state index contributed by atoms with van der Waals surface area (Å²) in [5.41, 5.74) is 1.83. The molecule has 1 atom stereocenters. The van der Waals surface area contributed by atoms with E-state index in [1.807, 2.05) is 13.8 Å². The zero-order chi connectivity index (χ0) is 13.2. The van der Waals surface area contributed by atoms with Gasteiger partial charge in [0.1, 0.15) is 0 Å². The maximum Gasteiger partial charge on any atom is 0.0779 e. The first kappa shape index (κ1) is 7.18. The summed E-state index contributed by atoms with van der Waals surface area (Å²) in [4.78, 5) is 4.05. The Labute approximate surface area is 89.5 Å². The molecule has 0 bridgehead atoms. The van der Waals surface area contributed by atoms with E-state index in [9.17, 15) is 5.11 Å². The summed E-state index contributed by atoms with van der Waals surface area (Å²) in [5, 5.41) is 9.82. The van der Waals surface area contributed by atoms with Crippen molar-refractivity contribution in [1.29, 1.82) is 0 Å². The van der Waals surface area contributed by atoms with E-state index in [1.165, 1.54) is 6.20 Å². The predicted molar refractivity (Wildman–Crippen MR) is 59.1 cm³/mol. The molecule has 0 radical (unpaired) electrons. The first-order valence-electron chi connectivity index (χ1n) is 6.07. The minimum absolute atomic E-state index is 0.115. The molecular formula is C12H17NO. The van der Waals surface area contributed by atoms with Gasteiger partial charge in [0.05, 0.1) is 11.8 Å². The zero-order valence-electron chi connectivity index (χ0n) is 11.5. The fourth-order valence-electron chi connectivity index (χ4n) is 1.34. The van der Waals surface area contributed by atoms with E-state index in [0.717, 1.165) is 5.56 Å². The number of hydrogen-bond donors (Lipinski definition) is 1. The maximum atomic E-state index is 9.82. The van der Waals surface area contributed by atoms with E-state index in [-0.39, 0.29) is 5.92 Å². The van der Waals surface area contributed by atoms with Gasteiger partial charge in [0, 0.05) is 15.9 Å². The lowest BCUT2D eigenvalue weighted by atomic mass is 9.95. The van der Waals surface area contributed by atoms with Crippen LogP contribution in [0.4, 0.5) is 0 Å². The monoisotopic (exact) mass is 194 g/mol. The van der Waals surface area contributed by atoms with Gasteiger partial charge in [-0.15, -0.1) is 0 Å². The van der Waals surface area contributed by atoms with Crippen LogP contribution in [-0.4, -0.2) is 10.1 Å². The van der Waals surface area contributed by atoms with Crippen molar-refractivity contribution in [3.63, 3.8) is 0 Å². The maximum absolute atomic E-state index is 9.82. The van der Waals surface area contributed by atoms with Crippen molar-refractivity contribution in [2.45, 2.75) is 32.7 Å². The molecule has 1 aromatic heterocycles. The molecule has 1 heterocycles. The van der Waals surface area contributed by atoms with E-state index in [2.05, 4.69) is 11.6 Å². The van der Waals surface area contributed by atoms with Crippen LogP contribution in [0.1, 0.15) is 53.7 Å². The molecule has 76 valence electrons. The highest BCUT2D eigenvalue weighted by molar-refractivity contribution is 5.45. The molecule has 1 rings (SSSR count). The SMILES string of the molecule is [2H]C([2H])([2H])C(O)c1cnc(C=C)cc1C(C)C. The van der Waals surface area contributed by atoms with Crippen LogP contribution in [0.5, 0.6) is 0 Å². The largest absolute Gasteiger partial charge is 0.389 e. The minimum atomic E-state index is -2.43. The van der Waals surface area contributed by atoms with Crippen molar-refractivity contribution < 1.29 is 9.22 Å². The van der Waals surface area contributed by atoms with E-state index >= 15 is 0 Å². The van der Waals surface area contributed by atoms with Crippen LogP contribution in [0.15, 0.2) is 18.8 Å². The Morgan fingerprint density at radius 3 is 2.79 bits per heavy atom. The van der Waals surface area contributed by atoms with E-state index in [4.69, 9.17) is 4.11 Å². The highest BCUT2D eigenvalue weighted by Gasteiger charge is 2.11. The summed E-state index contributed by atoms with van der Waals surface area (Å²) in [5.74, 6) is 0.115. The second kappa shape index (κ2) is 4.38. The van der Waals surface area contributed by atoms with Crippen molar-refractivity contribution in [1.82, 2.24) is 4.98 Å². The van der Waals surface area contributed by atoms with E-state index in [1.54, 1.807) is 12.1 Å². The van der Waals surface area contributed by atoms with Crippen LogP contribution >= 0.6 is 0 Å². The van der Waals surface area contributed by atoms with Crippen LogP contribution in [0, 0.1) is 0 Å². The van der Waals surface area contributed by atoms with Crippen LogP contribution in [0.3, 0.4) is 0 Å². The number of aromatic nitrogens is 1. The van der Waals surface area contributed by atoms with Crippen LogP contribution in [0.2, 0.25) is 0 Å². The van der Waals surface area contributed by atoms with Gasteiger partial charge in [-0.05, 0) is 30.5 Å². The molecule has 0 aliphatic rings. The molecular weight excluding hydrogens is 174 g/mol. The molecule has 1 aromatic rings. The van der Waals surface area contributed by atoms with Crippen molar-refractivity contribution in [3.8, 4) is 0 Å². The third kappa shape index (κ3) is 2.20. The van der Waals surface area contributed by atoms with Crippen molar-refractivity contribution in [2.24, 2.45) is 0 Å². The third-order valence-corrected chi connectivity index (χ3v) is 2.12. The topological polar surface area (TPSA) is 33.1 Å². The number of pyridine rings is 1. The fourth-order valence-corrected chi connectivity index (χ4v) is 1.34. The molecule has 14 heavy (non-hydrogen) atoms. The quantitative estimate of drug-likeness (QED) is 0.802. The molecule has 0 amide bonds. The summed E-state index contributed by atoms with van der Waals surface area (Å²) in [6, 6.07) is 1.77. The molecule has 2 heteroatoms. The number of nitrogens with zero attached hydrogens (tertiary/aromatic N) is 1. The third-order valence-electron chi connectivity index (χ3n) is 2.12. The Hall–Kier alpha value is -1.15. The molecule has 0 fully saturated rings. The van der Waals surface area contributed by atoms with Gasteiger partial charge in [-0.2, -0.15) is 0 Å². The second-order valence-corrected chi connectivity index (χ2v) is 3.50. The Bertz CT molecular complexity index is 413. The van der Waals surface area contributed by atoms with Gasteiger partial charge < -0.3 is 5.11 Å². The average Bonchev–Trinajstić information content (AvgIpc) is 2.25. The lowest BCUT2D eigenvalue weighted by Crippen LogP contribution is -2.02. The van der Waals surface area contributed by atoms with Gasteiger partial charge in [0.2, 0.25) is 0 Å². The van der Waals surface area contributed by atoms with E-state index < -0.39 is 13.0 Å². The van der Waals surface area contributed by atoms with Crippen molar-refractivity contribution >= 4 is 6.08 Å². The molecule has 0 saturated carbocycles. The molecule has 0 saturated heterocycles. The van der Waals surface area contributed by atoms with Crippen LogP contribution in [-0.2, 0) is 0 Å². The van der Waals surface area contributed by atoms with Crippen molar-refractivity contribution in [3.05, 3.63) is 35.7 Å². The summed E-state index contributed by atoms with van der Waals surface area (Å²) in [6.07, 6.45) is 1.52.